The summed E-state index contributed by atoms with van der Waals surface area (Å²) in [6.07, 6.45) is 4.12. The molecule has 2 unspecified atom stereocenters. The Labute approximate surface area is 152 Å². The SMILES string of the molecule is CN1CCC([N+]([O-])(Cc2cccs2)C(=N)/C=C\Nc2ccccc2)C1. The van der Waals surface area contributed by atoms with E-state index in [2.05, 4.69) is 10.2 Å². The maximum atomic E-state index is 13.7. The summed E-state index contributed by atoms with van der Waals surface area (Å²) in [5.74, 6) is 0.0946. The molecular weight excluding hydrogens is 332 g/mol. The Morgan fingerprint density at radius 1 is 1.36 bits per heavy atom. The van der Waals surface area contributed by atoms with E-state index in [0.29, 0.717) is 6.54 Å². The van der Waals surface area contributed by atoms with Crippen LogP contribution >= 0.6 is 11.3 Å². The Morgan fingerprint density at radius 2 is 2.16 bits per heavy atom. The minimum absolute atomic E-state index is 0.0946. The van der Waals surface area contributed by atoms with Gasteiger partial charge in [0.2, 0.25) is 5.84 Å². The van der Waals surface area contributed by atoms with Crippen LogP contribution in [0.25, 0.3) is 0 Å². The Balaban J connectivity index is 1.74. The predicted octanol–water partition coefficient (Wildman–Crippen LogP) is 3.87. The smallest absolute Gasteiger partial charge is 0.222 e. The van der Waals surface area contributed by atoms with Crippen LogP contribution < -0.4 is 5.32 Å². The summed E-state index contributed by atoms with van der Waals surface area (Å²) in [5.41, 5.74) is 0.939. The van der Waals surface area contributed by atoms with E-state index < -0.39 is 4.65 Å². The molecular formula is C19H24N4OS. The highest BCUT2D eigenvalue weighted by Crippen LogP contribution is 2.27. The van der Waals surface area contributed by atoms with Gasteiger partial charge in [0, 0.05) is 30.9 Å². The number of likely N-dealkylation sites (N-methyl/N-ethyl adjacent to an activating group) is 1. The van der Waals surface area contributed by atoms with Crippen molar-refractivity contribution >= 4 is 22.9 Å². The third kappa shape index (κ3) is 4.35. The van der Waals surface area contributed by atoms with Gasteiger partial charge in [-0.1, -0.05) is 24.3 Å². The molecule has 2 N–H and O–H groups in total. The number of hydrogen-bond donors (Lipinski definition) is 2. The zero-order valence-electron chi connectivity index (χ0n) is 14.4. The monoisotopic (exact) mass is 356 g/mol. The average Bonchev–Trinajstić information content (AvgIpc) is 3.27. The van der Waals surface area contributed by atoms with E-state index in [4.69, 9.17) is 5.41 Å². The topological polar surface area (TPSA) is 62.2 Å². The molecule has 6 heteroatoms. The standard InChI is InChI=1S/C19H24N4OS/c1-22-12-10-17(14-22)23(24,15-18-8-5-13-25-18)19(20)9-11-21-16-6-3-2-4-7-16/h2-9,11,13,17,20-21H,10,12,14-15H2,1H3/b11-9-,20-19?. The number of para-hydroxylation sites is 1. The molecule has 132 valence electrons. The van der Waals surface area contributed by atoms with Gasteiger partial charge < -0.3 is 20.1 Å². The number of amidine groups is 1. The van der Waals surface area contributed by atoms with E-state index in [-0.39, 0.29) is 11.9 Å². The molecule has 0 spiro atoms. The van der Waals surface area contributed by atoms with Gasteiger partial charge in [0.15, 0.2) is 0 Å². The van der Waals surface area contributed by atoms with Crippen LogP contribution in [0.4, 0.5) is 5.69 Å². The zero-order valence-corrected chi connectivity index (χ0v) is 15.2. The predicted molar refractivity (Wildman–Crippen MR) is 104 cm³/mol. The van der Waals surface area contributed by atoms with Crippen LogP contribution in [-0.4, -0.2) is 41.6 Å². The number of nitrogens with one attached hydrogen (secondary N) is 2. The normalized spacial score (nSPS) is 20.6. The molecule has 0 aliphatic carbocycles. The minimum atomic E-state index is -0.599. The summed E-state index contributed by atoms with van der Waals surface area (Å²) >= 11 is 1.58. The van der Waals surface area contributed by atoms with Crippen LogP contribution in [0, 0.1) is 10.6 Å². The molecule has 1 aliphatic rings. The average molecular weight is 356 g/mol. The van der Waals surface area contributed by atoms with Gasteiger partial charge in [-0.25, -0.2) is 0 Å². The van der Waals surface area contributed by atoms with Crippen molar-refractivity contribution in [3.05, 3.63) is 70.2 Å². The number of likely N-dealkylation sites (tertiary alicyclic amines) is 1. The summed E-state index contributed by atoms with van der Waals surface area (Å²) in [6, 6.07) is 13.6. The van der Waals surface area contributed by atoms with Gasteiger partial charge >= 0.3 is 0 Å². The van der Waals surface area contributed by atoms with Crippen molar-refractivity contribution in [2.75, 3.05) is 25.5 Å². The molecule has 1 aliphatic heterocycles. The molecule has 25 heavy (non-hydrogen) atoms. The summed E-state index contributed by atoms with van der Waals surface area (Å²) < 4.78 is -0.599. The van der Waals surface area contributed by atoms with Crippen LogP contribution in [0.1, 0.15) is 11.3 Å². The fourth-order valence-corrected chi connectivity index (χ4v) is 3.93. The highest BCUT2D eigenvalue weighted by atomic mass is 32.1. The first-order valence-corrected chi connectivity index (χ1v) is 9.33. The maximum absolute atomic E-state index is 13.7. The molecule has 5 nitrogen and oxygen atoms in total. The maximum Gasteiger partial charge on any atom is 0.222 e. The van der Waals surface area contributed by atoms with Crippen LogP contribution in [0.3, 0.4) is 0 Å². The van der Waals surface area contributed by atoms with Gasteiger partial charge in [-0.15, -0.1) is 11.3 Å². The Morgan fingerprint density at radius 3 is 2.80 bits per heavy atom. The van der Waals surface area contributed by atoms with Crippen LogP contribution in [0.5, 0.6) is 0 Å². The third-order valence-corrected chi connectivity index (χ3v) is 5.46. The summed E-state index contributed by atoms with van der Waals surface area (Å²) in [6.45, 7) is 1.97. The number of anilines is 1. The van der Waals surface area contributed by atoms with Crippen molar-refractivity contribution in [1.82, 2.24) is 4.90 Å². The van der Waals surface area contributed by atoms with Gasteiger partial charge in [-0.3, -0.25) is 5.41 Å². The van der Waals surface area contributed by atoms with Crippen molar-refractivity contribution < 1.29 is 4.65 Å². The second-order valence-corrected chi connectivity index (χ2v) is 7.50. The molecule has 2 atom stereocenters. The lowest BCUT2D eigenvalue weighted by Gasteiger charge is -2.45. The molecule has 2 aromatic rings. The molecule has 0 amide bonds. The number of benzene rings is 1. The number of thiophene rings is 1. The fourth-order valence-electron chi connectivity index (χ4n) is 3.17. The second-order valence-electron chi connectivity index (χ2n) is 6.47. The van der Waals surface area contributed by atoms with Gasteiger partial charge in [0.1, 0.15) is 12.6 Å². The van der Waals surface area contributed by atoms with Crippen molar-refractivity contribution in [3.8, 4) is 0 Å². The number of hydroxylamine groups is 3. The molecule has 1 aromatic heterocycles. The quantitative estimate of drug-likeness (QED) is 0.357. The van der Waals surface area contributed by atoms with E-state index >= 15 is 0 Å². The Hall–Kier alpha value is -1.99. The van der Waals surface area contributed by atoms with Crippen molar-refractivity contribution in [2.24, 2.45) is 0 Å². The summed E-state index contributed by atoms with van der Waals surface area (Å²) in [7, 11) is 2.03. The minimum Gasteiger partial charge on any atom is -0.626 e. The van der Waals surface area contributed by atoms with E-state index in [9.17, 15) is 5.21 Å². The molecule has 3 rings (SSSR count). The number of nitrogens with zero attached hydrogens (tertiary/aromatic N) is 2. The molecule has 2 heterocycles. The van der Waals surface area contributed by atoms with E-state index in [1.165, 1.54) is 0 Å². The highest BCUT2D eigenvalue weighted by Gasteiger charge is 2.37. The lowest BCUT2D eigenvalue weighted by Crippen LogP contribution is -2.54. The molecule has 0 radical (unpaired) electrons. The number of quaternary nitrogens is 1. The summed E-state index contributed by atoms with van der Waals surface area (Å²) in [4.78, 5) is 3.20. The number of rotatable bonds is 6. The van der Waals surface area contributed by atoms with Crippen molar-refractivity contribution in [2.45, 2.75) is 19.0 Å². The Kier molecular flexibility index (Phi) is 5.65. The van der Waals surface area contributed by atoms with Gasteiger partial charge in [0.05, 0.1) is 11.4 Å². The lowest BCUT2D eigenvalue weighted by atomic mass is 10.2. The van der Waals surface area contributed by atoms with E-state index in [1.54, 1.807) is 23.6 Å². The van der Waals surface area contributed by atoms with E-state index in [1.807, 2.05) is 54.9 Å². The molecule has 1 fully saturated rings. The fraction of sp³-hybridized carbons (Fsp3) is 0.316. The van der Waals surface area contributed by atoms with Crippen LogP contribution in [0.2, 0.25) is 0 Å². The van der Waals surface area contributed by atoms with Crippen LogP contribution in [0.15, 0.2) is 60.1 Å². The molecule has 0 bridgehead atoms. The third-order valence-electron chi connectivity index (χ3n) is 4.60. The molecule has 1 saturated heterocycles. The van der Waals surface area contributed by atoms with E-state index in [0.717, 1.165) is 30.1 Å². The molecule has 1 aromatic carbocycles. The Bertz CT molecular complexity index is 716. The first-order valence-electron chi connectivity index (χ1n) is 8.45. The van der Waals surface area contributed by atoms with Crippen molar-refractivity contribution in [3.63, 3.8) is 0 Å². The zero-order chi connectivity index (χ0) is 17.7. The van der Waals surface area contributed by atoms with Gasteiger partial charge in [-0.05, 0) is 30.6 Å². The second kappa shape index (κ2) is 7.93. The van der Waals surface area contributed by atoms with Crippen LogP contribution in [-0.2, 0) is 6.54 Å². The largest absolute Gasteiger partial charge is 0.626 e. The highest BCUT2D eigenvalue weighted by molar-refractivity contribution is 7.09. The lowest BCUT2D eigenvalue weighted by molar-refractivity contribution is -0.828. The number of hydrogen-bond acceptors (Lipinski definition) is 5. The molecule has 0 saturated carbocycles. The van der Waals surface area contributed by atoms with Crippen molar-refractivity contribution in [1.29, 1.82) is 5.41 Å². The summed E-state index contributed by atoms with van der Waals surface area (Å²) in [5, 5.41) is 27.2. The van der Waals surface area contributed by atoms with Gasteiger partial charge in [-0.2, -0.15) is 0 Å². The first-order chi connectivity index (χ1) is 12.1. The first kappa shape index (κ1) is 17.8. The van der Waals surface area contributed by atoms with Gasteiger partial charge in [0.25, 0.3) is 0 Å².